The summed E-state index contributed by atoms with van der Waals surface area (Å²) >= 11 is 0. The molecule has 14 heteroatoms. The fraction of sp³-hybridized carbons (Fsp3) is 0.323. The molecule has 14 nitrogen and oxygen atoms in total. The lowest BCUT2D eigenvalue weighted by atomic mass is 9.82. The molecule has 0 radical (unpaired) electrons. The quantitative estimate of drug-likeness (QED) is 0.0429. The van der Waals surface area contributed by atoms with E-state index >= 15 is 0 Å². The molecule has 11 rings (SSSR count). The Hall–Kier alpha value is -7.62. The van der Waals surface area contributed by atoms with E-state index in [9.17, 15) is 19.2 Å². The van der Waals surface area contributed by atoms with E-state index in [1.165, 1.54) is 0 Å². The van der Waals surface area contributed by atoms with Crippen LogP contribution in [-0.4, -0.2) is 158 Å². The van der Waals surface area contributed by atoms with Crippen LogP contribution < -0.4 is 21.3 Å². The first-order chi connectivity index (χ1) is 37.4. The molecule has 8 aromatic rings. The van der Waals surface area contributed by atoms with Crippen molar-refractivity contribution in [2.24, 2.45) is 0 Å². The fourth-order valence-corrected chi connectivity index (χ4v) is 11.4. The molecule has 3 aliphatic rings. The summed E-state index contributed by atoms with van der Waals surface area (Å²) in [5.74, 6) is -0.364. The summed E-state index contributed by atoms with van der Waals surface area (Å²) in [4.78, 5) is 74.8. The zero-order valence-corrected chi connectivity index (χ0v) is 43.2. The highest BCUT2D eigenvalue weighted by Gasteiger charge is 2.33. The summed E-state index contributed by atoms with van der Waals surface area (Å²) in [6.07, 6.45) is 3.56. The van der Waals surface area contributed by atoms with Crippen molar-refractivity contribution in [1.29, 1.82) is 0 Å². The number of fused-ring (bicyclic) bond motifs is 6. The summed E-state index contributed by atoms with van der Waals surface area (Å²) in [7, 11) is 0. The van der Waals surface area contributed by atoms with Crippen LogP contribution in [0, 0.1) is 0 Å². The molecule has 0 unspecified atom stereocenters. The third-order valence-corrected chi connectivity index (χ3v) is 15.4. The van der Waals surface area contributed by atoms with Crippen LogP contribution in [0.25, 0.3) is 43.6 Å². The molecule has 2 aliphatic heterocycles. The molecule has 0 saturated carbocycles. The van der Waals surface area contributed by atoms with Gasteiger partial charge in [0.2, 0.25) is 0 Å². The van der Waals surface area contributed by atoms with Gasteiger partial charge in [0.05, 0.1) is 44.3 Å². The van der Waals surface area contributed by atoms with Crippen LogP contribution in [0.3, 0.4) is 0 Å². The van der Waals surface area contributed by atoms with Crippen LogP contribution in [0.4, 0.5) is 11.4 Å². The zero-order chi connectivity index (χ0) is 51.8. The van der Waals surface area contributed by atoms with Crippen molar-refractivity contribution in [2.45, 2.75) is 25.7 Å². The number of aromatic nitrogens is 2. The Bertz CT molecular complexity index is 3100. The van der Waals surface area contributed by atoms with Gasteiger partial charge in [-0.2, -0.15) is 0 Å². The predicted molar refractivity (Wildman–Crippen MR) is 304 cm³/mol. The highest BCUT2D eigenvalue weighted by molar-refractivity contribution is 6.31. The van der Waals surface area contributed by atoms with Crippen LogP contribution in [0.2, 0.25) is 0 Å². The van der Waals surface area contributed by atoms with Gasteiger partial charge in [0.25, 0.3) is 11.8 Å². The zero-order valence-electron chi connectivity index (χ0n) is 43.2. The number of carbonyl (C=O) groups is 4. The largest absolute Gasteiger partial charge is 0.384 e. The first-order valence-corrected chi connectivity index (χ1v) is 27.2. The van der Waals surface area contributed by atoms with Crippen molar-refractivity contribution in [1.82, 2.24) is 40.2 Å². The maximum atomic E-state index is 14.2. The molecule has 4 heterocycles. The maximum absolute atomic E-state index is 14.2. The van der Waals surface area contributed by atoms with E-state index in [4.69, 9.17) is 9.97 Å². The van der Waals surface area contributed by atoms with Crippen LogP contribution in [0.1, 0.15) is 78.2 Å². The van der Waals surface area contributed by atoms with Gasteiger partial charge in [-0.3, -0.25) is 19.2 Å². The van der Waals surface area contributed by atoms with Gasteiger partial charge in [0.1, 0.15) is 0 Å². The minimum absolute atomic E-state index is 0.0593. The van der Waals surface area contributed by atoms with Gasteiger partial charge in [0, 0.05) is 123 Å². The summed E-state index contributed by atoms with van der Waals surface area (Å²) < 4.78 is 0. The molecule has 0 atom stereocenters. The monoisotopic (exact) mass is 1010 g/mol. The predicted octanol–water partition coefficient (Wildman–Crippen LogP) is 8.34. The topological polar surface area (TPSA) is 155 Å². The van der Waals surface area contributed by atoms with Crippen molar-refractivity contribution in [2.75, 3.05) is 115 Å². The third kappa shape index (κ3) is 11.0. The number of para-hydroxylation sites is 4. The molecular formula is C62H66N10O4. The van der Waals surface area contributed by atoms with Gasteiger partial charge in [-0.15, -0.1) is 0 Å². The van der Waals surface area contributed by atoms with Crippen molar-refractivity contribution >= 4 is 78.4 Å². The standard InChI is InChI=1S/C62H66N10O4/c73-59-48-20-10-26-54(64-28-12-32-70-37-41-72(42-38-70)34-14-30-66-62(76)56-45-17-3-7-23-51(45)68-52-24-8-4-18-46(52)56)58(48)60(74)47-19-9-25-53(57(47)59)63-27-11-31-69-35-39-71(40-36-69)33-13-29-65-61(75)55-43-15-1-5-21-49(43)67-50-22-6-2-16-44(50)55/h1-10,15-26,63-64H,11-14,27-42H2,(H,65,75)(H,66,76). The number of ketones is 2. The average Bonchev–Trinajstić information content (AvgIpc) is 3.47. The van der Waals surface area contributed by atoms with E-state index in [1.54, 1.807) is 12.1 Å². The summed E-state index contributed by atoms with van der Waals surface area (Å²) in [5.41, 5.74) is 7.89. The fourth-order valence-electron chi connectivity index (χ4n) is 11.4. The number of piperazine rings is 2. The highest BCUT2D eigenvalue weighted by Crippen LogP contribution is 2.36. The number of pyridine rings is 2. The molecule has 4 N–H and O–H groups in total. The molecule has 0 bridgehead atoms. The first kappa shape index (κ1) is 50.5. The molecule has 2 aromatic heterocycles. The number of carbonyl (C=O) groups excluding carboxylic acids is 4. The van der Waals surface area contributed by atoms with E-state index < -0.39 is 0 Å². The Morgan fingerprint density at radius 3 is 1.01 bits per heavy atom. The number of benzene rings is 6. The Balaban J connectivity index is 0.580. The maximum Gasteiger partial charge on any atom is 0.252 e. The molecule has 0 spiro atoms. The number of nitrogens with one attached hydrogen (secondary N) is 4. The van der Waals surface area contributed by atoms with Crippen molar-refractivity contribution in [3.63, 3.8) is 0 Å². The molecule has 76 heavy (non-hydrogen) atoms. The van der Waals surface area contributed by atoms with E-state index in [1.807, 2.05) is 121 Å². The molecule has 2 saturated heterocycles. The normalized spacial score (nSPS) is 15.5. The summed E-state index contributed by atoms with van der Waals surface area (Å²) in [6.45, 7) is 14.2. The number of anilines is 2. The molecule has 2 amide bonds. The lowest BCUT2D eigenvalue weighted by Crippen LogP contribution is -2.47. The Morgan fingerprint density at radius 1 is 0.382 bits per heavy atom. The lowest BCUT2D eigenvalue weighted by molar-refractivity contribution is 0.0942. The number of rotatable bonds is 20. The van der Waals surface area contributed by atoms with E-state index in [0.717, 1.165) is 148 Å². The van der Waals surface area contributed by atoms with Gasteiger partial charge in [-0.05, 0) is 88.3 Å². The minimum Gasteiger partial charge on any atom is -0.384 e. The SMILES string of the molecule is O=C1c2cccc(NCCCN3CCN(CCCNC(=O)c4c5ccccc5nc5ccccc45)CC3)c2C(=O)c2cccc(NCCCN3CCN(CCCNC(=O)c4c5ccccc5nc5ccccc45)CC3)c21. The van der Waals surface area contributed by atoms with Gasteiger partial charge in [0.15, 0.2) is 11.6 Å². The number of hydrogen-bond donors (Lipinski definition) is 4. The van der Waals surface area contributed by atoms with Crippen LogP contribution in [0.15, 0.2) is 133 Å². The lowest BCUT2D eigenvalue weighted by Gasteiger charge is -2.34. The van der Waals surface area contributed by atoms with E-state index in [-0.39, 0.29) is 23.4 Å². The van der Waals surface area contributed by atoms with E-state index in [0.29, 0.717) is 70.9 Å². The smallest absolute Gasteiger partial charge is 0.252 e. The third-order valence-electron chi connectivity index (χ3n) is 15.4. The second kappa shape index (κ2) is 23.5. The highest BCUT2D eigenvalue weighted by atomic mass is 16.2. The second-order valence-corrected chi connectivity index (χ2v) is 20.3. The molecular weight excluding hydrogens is 949 g/mol. The Kier molecular flexibility index (Phi) is 15.6. The summed E-state index contributed by atoms with van der Waals surface area (Å²) in [6, 6.07) is 42.4. The van der Waals surface area contributed by atoms with Gasteiger partial charge in [-0.25, -0.2) is 9.97 Å². The van der Waals surface area contributed by atoms with Crippen LogP contribution in [0.5, 0.6) is 0 Å². The molecule has 2 fully saturated rings. The second-order valence-electron chi connectivity index (χ2n) is 20.3. The van der Waals surface area contributed by atoms with Gasteiger partial charge < -0.3 is 40.9 Å². The van der Waals surface area contributed by atoms with Crippen molar-refractivity contribution in [3.8, 4) is 0 Å². The van der Waals surface area contributed by atoms with Gasteiger partial charge >= 0.3 is 0 Å². The number of amides is 2. The molecule has 1 aliphatic carbocycles. The number of nitrogens with zero attached hydrogens (tertiary/aromatic N) is 6. The van der Waals surface area contributed by atoms with Crippen LogP contribution >= 0.6 is 0 Å². The first-order valence-electron chi connectivity index (χ1n) is 27.2. The van der Waals surface area contributed by atoms with Crippen molar-refractivity contribution in [3.05, 3.63) is 167 Å². The Labute approximate surface area is 443 Å². The average molecular weight is 1020 g/mol. The minimum atomic E-state index is -0.123. The number of hydrogen-bond acceptors (Lipinski definition) is 12. The molecule has 6 aromatic carbocycles. The van der Waals surface area contributed by atoms with Gasteiger partial charge in [-0.1, -0.05) is 97.1 Å². The summed E-state index contributed by atoms with van der Waals surface area (Å²) in [5, 5.41) is 16.9. The molecule has 388 valence electrons. The van der Waals surface area contributed by atoms with Crippen molar-refractivity contribution < 1.29 is 19.2 Å². The Morgan fingerprint density at radius 2 is 0.684 bits per heavy atom. The van der Waals surface area contributed by atoms with Crippen LogP contribution in [-0.2, 0) is 0 Å². The van der Waals surface area contributed by atoms with E-state index in [2.05, 4.69) is 40.9 Å².